The van der Waals surface area contributed by atoms with Crippen LogP contribution >= 0.6 is 39.1 Å². The molecule has 0 saturated heterocycles. The van der Waals surface area contributed by atoms with Crippen molar-refractivity contribution >= 4 is 56.6 Å². The molecule has 0 bridgehead atoms. The maximum Gasteiger partial charge on any atom is 0.140 e. The minimum absolute atomic E-state index is 0.0664. The number of aliphatic hydroxyl groups is 1. The minimum Gasteiger partial charge on any atom is -0.488 e. The summed E-state index contributed by atoms with van der Waals surface area (Å²) >= 11 is 15.6. The largest absolute Gasteiger partial charge is 0.488 e. The van der Waals surface area contributed by atoms with Crippen LogP contribution in [0, 0.1) is 22.7 Å². The second-order valence-electron chi connectivity index (χ2n) is 6.54. The van der Waals surface area contributed by atoms with Crippen molar-refractivity contribution < 1.29 is 9.84 Å². The fourth-order valence-electron chi connectivity index (χ4n) is 2.91. The molecule has 3 rings (SSSR count). The van der Waals surface area contributed by atoms with E-state index in [1.54, 1.807) is 42.5 Å². The summed E-state index contributed by atoms with van der Waals surface area (Å²) < 4.78 is 8.01. The van der Waals surface area contributed by atoms with Crippen LogP contribution in [-0.2, 0) is 13.2 Å². The number of aromatic nitrogens is 2. The standard InChI is InChI=1S/C22H16BrCl2N5O2/c23-16-2-4-20(32-12-13-1-3-17(24)9-19(13)25)14(8-16)7-15(10-26)21-18(11-27)22(28)30(29-21)5-6-31/h1-4,7-9,31H,5-6,12,28H2/b15-7-. The van der Waals surface area contributed by atoms with Crippen molar-refractivity contribution in [2.75, 3.05) is 12.3 Å². The van der Waals surface area contributed by atoms with Gasteiger partial charge in [0.15, 0.2) is 0 Å². The normalized spacial score (nSPS) is 11.1. The van der Waals surface area contributed by atoms with Crippen LogP contribution < -0.4 is 10.5 Å². The third-order valence-electron chi connectivity index (χ3n) is 4.46. The molecule has 162 valence electrons. The van der Waals surface area contributed by atoms with Crippen molar-refractivity contribution in [3.8, 4) is 17.9 Å². The van der Waals surface area contributed by atoms with Gasteiger partial charge in [-0.3, -0.25) is 0 Å². The van der Waals surface area contributed by atoms with Crippen molar-refractivity contribution in [1.29, 1.82) is 10.5 Å². The molecule has 0 radical (unpaired) electrons. The molecule has 7 nitrogen and oxygen atoms in total. The Morgan fingerprint density at radius 2 is 2.03 bits per heavy atom. The van der Waals surface area contributed by atoms with Crippen molar-refractivity contribution in [2.45, 2.75) is 13.2 Å². The first-order chi connectivity index (χ1) is 15.4. The zero-order chi connectivity index (χ0) is 23.3. The van der Waals surface area contributed by atoms with E-state index in [4.69, 9.17) is 33.7 Å². The zero-order valence-corrected chi connectivity index (χ0v) is 19.6. The van der Waals surface area contributed by atoms with E-state index < -0.39 is 0 Å². The summed E-state index contributed by atoms with van der Waals surface area (Å²) in [5.41, 5.74) is 7.61. The molecule has 3 aromatic rings. The highest BCUT2D eigenvalue weighted by Crippen LogP contribution is 2.31. The molecule has 0 aliphatic rings. The molecule has 0 unspecified atom stereocenters. The summed E-state index contributed by atoms with van der Waals surface area (Å²) in [5.74, 6) is 0.578. The number of nitriles is 2. The topological polar surface area (TPSA) is 121 Å². The van der Waals surface area contributed by atoms with Crippen LogP contribution in [0.25, 0.3) is 11.6 Å². The molecule has 0 aliphatic carbocycles. The van der Waals surface area contributed by atoms with Gasteiger partial charge in [-0.05, 0) is 36.4 Å². The van der Waals surface area contributed by atoms with E-state index in [0.29, 0.717) is 21.4 Å². The first-order valence-electron chi connectivity index (χ1n) is 9.23. The number of ether oxygens (including phenoxy) is 1. The number of allylic oxidation sites excluding steroid dienone is 1. The molecule has 0 spiro atoms. The number of nitrogens with zero attached hydrogens (tertiary/aromatic N) is 4. The van der Waals surface area contributed by atoms with Crippen molar-refractivity contribution in [3.05, 3.63) is 73.3 Å². The van der Waals surface area contributed by atoms with Crippen LogP contribution in [0.5, 0.6) is 5.75 Å². The third-order valence-corrected chi connectivity index (χ3v) is 5.54. The highest BCUT2D eigenvalue weighted by Gasteiger charge is 2.19. The molecule has 3 N–H and O–H groups in total. The number of nitrogens with two attached hydrogens (primary N) is 1. The summed E-state index contributed by atoms with van der Waals surface area (Å²) in [6.07, 6.45) is 1.56. The first kappa shape index (κ1) is 23.6. The minimum atomic E-state index is -0.210. The van der Waals surface area contributed by atoms with Crippen LogP contribution in [-0.4, -0.2) is 21.5 Å². The predicted molar refractivity (Wildman–Crippen MR) is 127 cm³/mol. The van der Waals surface area contributed by atoms with Gasteiger partial charge in [0.05, 0.1) is 18.7 Å². The molecule has 0 fully saturated rings. The molecule has 0 amide bonds. The molecular formula is C22H16BrCl2N5O2. The fourth-order valence-corrected chi connectivity index (χ4v) is 3.75. The van der Waals surface area contributed by atoms with Crippen molar-refractivity contribution in [2.24, 2.45) is 0 Å². The SMILES string of the molecule is N#C/C(=C/c1cc(Br)ccc1OCc1ccc(Cl)cc1Cl)c1nn(CCO)c(N)c1C#N. The second-order valence-corrected chi connectivity index (χ2v) is 8.30. The van der Waals surface area contributed by atoms with E-state index in [2.05, 4.69) is 27.1 Å². The van der Waals surface area contributed by atoms with Crippen molar-refractivity contribution in [1.82, 2.24) is 9.78 Å². The number of anilines is 1. The highest BCUT2D eigenvalue weighted by atomic mass is 79.9. The summed E-state index contributed by atoms with van der Waals surface area (Å²) in [5, 5.41) is 33.7. The van der Waals surface area contributed by atoms with Gasteiger partial charge in [-0.2, -0.15) is 15.6 Å². The van der Waals surface area contributed by atoms with Gasteiger partial charge in [0, 0.05) is 25.6 Å². The third kappa shape index (κ3) is 5.24. The molecule has 10 heteroatoms. The average Bonchev–Trinajstić information content (AvgIpc) is 3.07. The highest BCUT2D eigenvalue weighted by molar-refractivity contribution is 9.10. The summed E-state index contributed by atoms with van der Waals surface area (Å²) in [6, 6.07) is 14.5. The van der Waals surface area contributed by atoms with E-state index >= 15 is 0 Å². The van der Waals surface area contributed by atoms with E-state index in [1.807, 2.05) is 6.07 Å². The van der Waals surface area contributed by atoms with E-state index in [0.717, 1.165) is 10.0 Å². The number of nitrogen functional groups attached to an aromatic ring is 1. The molecular weight excluding hydrogens is 517 g/mol. The summed E-state index contributed by atoms with van der Waals surface area (Å²) in [7, 11) is 0. The van der Waals surface area contributed by atoms with E-state index in [-0.39, 0.29) is 42.4 Å². The van der Waals surface area contributed by atoms with Gasteiger partial charge in [-0.25, -0.2) is 4.68 Å². The molecule has 0 aliphatic heterocycles. The average molecular weight is 533 g/mol. The van der Waals surface area contributed by atoms with Crippen LogP contribution in [0.1, 0.15) is 22.4 Å². The molecule has 1 aromatic heterocycles. The summed E-state index contributed by atoms with van der Waals surface area (Å²) in [4.78, 5) is 0. The van der Waals surface area contributed by atoms with Crippen LogP contribution in [0.4, 0.5) is 5.82 Å². The molecule has 0 atom stereocenters. The first-order valence-corrected chi connectivity index (χ1v) is 10.8. The monoisotopic (exact) mass is 531 g/mol. The zero-order valence-electron chi connectivity index (χ0n) is 16.5. The maximum atomic E-state index is 9.77. The number of hydrogen-bond donors (Lipinski definition) is 2. The Hall–Kier alpha value is -3.01. The molecule has 0 saturated carbocycles. The van der Waals surface area contributed by atoms with Gasteiger partial charge in [-0.1, -0.05) is 45.2 Å². The van der Waals surface area contributed by atoms with Gasteiger partial charge in [0.1, 0.15) is 41.6 Å². The Kier molecular flexibility index (Phi) is 7.79. The molecule has 32 heavy (non-hydrogen) atoms. The van der Waals surface area contributed by atoms with Crippen LogP contribution in [0.2, 0.25) is 10.0 Å². The summed E-state index contributed by atoms with van der Waals surface area (Å²) in [6.45, 7) is 0.0763. The number of rotatable bonds is 7. The lowest BCUT2D eigenvalue weighted by Crippen LogP contribution is -2.07. The van der Waals surface area contributed by atoms with Crippen LogP contribution in [0.15, 0.2) is 40.9 Å². The lowest BCUT2D eigenvalue weighted by atomic mass is 10.1. The molecule has 2 aromatic carbocycles. The lowest BCUT2D eigenvalue weighted by molar-refractivity contribution is 0.270. The number of aliphatic hydroxyl groups excluding tert-OH is 1. The predicted octanol–water partition coefficient (Wildman–Crippen LogP) is 5.04. The van der Waals surface area contributed by atoms with E-state index in [9.17, 15) is 15.6 Å². The van der Waals surface area contributed by atoms with Crippen molar-refractivity contribution in [3.63, 3.8) is 0 Å². The number of halogens is 3. The Labute approximate surface area is 203 Å². The van der Waals surface area contributed by atoms with Gasteiger partial charge in [0.2, 0.25) is 0 Å². The van der Waals surface area contributed by atoms with Gasteiger partial charge in [-0.15, -0.1) is 0 Å². The Bertz CT molecular complexity index is 1270. The Morgan fingerprint density at radius 1 is 1.25 bits per heavy atom. The van der Waals surface area contributed by atoms with Crippen LogP contribution in [0.3, 0.4) is 0 Å². The Morgan fingerprint density at radius 3 is 2.69 bits per heavy atom. The quantitative estimate of drug-likeness (QED) is 0.411. The smallest absolute Gasteiger partial charge is 0.140 e. The number of hydrogen-bond acceptors (Lipinski definition) is 6. The molecule has 1 heterocycles. The van der Waals surface area contributed by atoms with Gasteiger partial charge in [0.25, 0.3) is 0 Å². The Balaban J connectivity index is 2.00. The number of benzene rings is 2. The van der Waals surface area contributed by atoms with E-state index in [1.165, 1.54) is 4.68 Å². The maximum absolute atomic E-state index is 9.77. The second kappa shape index (κ2) is 10.5. The lowest BCUT2D eigenvalue weighted by Gasteiger charge is -2.11. The van der Waals surface area contributed by atoms with Gasteiger partial charge >= 0.3 is 0 Å². The fraction of sp³-hybridized carbons (Fsp3) is 0.136. The van der Waals surface area contributed by atoms with Gasteiger partial charge < -0.3 is 15.6 Å².